The molecular formula is C19H34N4O8. The van der Waals surface area contributed by atoms with Gasteiger partial charge in [0.1, 0.15) is 18.1 Å². The van der Waals surface area contributed by atoms with Crippen molar-refractivity contribution in [2.75, 3.05) is 46.1 Å². The summed E-state index contributed by atoms with van der Waals surface area (Å²) in [4.78, 5) is 33.8. The fraction of sp³-hybridized carbons (Fsp3) is 0.737. The molecule has 2 amide bonds. The number of amides is 2. The number of unbranched alkanes of at least 4 members (excludes halogenated alkanes) is 1. The van der Waals surface area contributed by atoms with Gasteiger partial charge >= 0.3 is 0 Å². The first-order chi connectivity index (χ1) is 14.9. The van der Waals surface area contributed by atoms with Crippen LogP contribution >= 0.6 is 0 Å². The van der Waals surface area contributed by atoms with Gasteiger partial charge in [-0.2, -0.15) is 0 Å². The normalized spacial score (nSPS) is 21.4. The minimum atomic E-state index is -1.14. The van der Waals surface area contributed by atoms with E-state index in [2.05, 4.69) is 16.0 Å². The van der Waals surface area contributed by atoms with Gasteiger partial charge in [0.2, 0.25) is 5.91 Å². The summed E-state index contributed by atoms with van der Waals surface area (Å²) in [5, 5.41) is 27.0. The Labute approximate surface area is 181 Å². The van der Waals surface area contributed by atoms with Gasteiger partial charge in [0, 0.05) is 45.1 Å². The minimum absolute atomic E-state index is 0.0409. The standard InChI is InChI=1S/C19H34N4O8/c20-15(13-21-3-1-2-6-24)18(27)22-4-7-29-9-10-30-8-5-23-19(28)16-11-14(25)12-17(26)31-16/h6,13-14,16-17,21,25-26H,1-5,7-12,20H2,(H,22,27)(H,23,28)/b15-13-/t14-,16?,17?/m0/s1. The summed E-state index contributed by atoms with van der Waals surface area (Å²) in [6.45, 7) is 2.29. The lowest BCUT2D eigenvalue weighted by Gasteiger charge is -2.29. The molecule has 7 N–H and O–H groups in total. The van der Waals surface area contributed by atoms with Crippen molar-refractivity contribution in [2.45, 2.75) is 44.2 Å². The lowest BCUT2D eigenvalue weighted by Crippen LogP contribution is -2.45. The Morgan fingerprint density at radius 2 is 1.71 bits per heavy atom. The highest BCUT2D eigenvalue weighted by Gasteiger charge is 2.31. The molecule has 0 radical (unpaired) electrons. The second kappa shape index (κ2) is 16.4. The molecule has 0 aromatic heterocycles. The summed E-state index contributed by atoms with van der Waals surface area (Å²) in [7, 11) is 0. The largest absolute Gasteiger partial charge is 0.393 e. The third kappa shape index (κ3) is 12.9. The van der Waals surface area contributed by atoms with Crippen molar-refractivity contribution in [3.05, 3.63) is 11.9 Å². The van der Waals surface area contributed by atoms with Crippen LogP contribution < -0.4 is 21.7 Å². The molecule has 12 nitrogen and oxygen atoms in total. The summed E-state index contributed by atoms with van der Waals surface area (Å²) in [5.74, 6) is -0.821. The summed E-state index contributed by atoms with van der Waals surface area (Å²) >= 11 is 0. The molecule has 0 aromatic carbocycles. The zero-order chi connectivity index (χ0) is 22.9. The highest BCUT2D eigenvalue weighted by atomic mass is 16.6. The number of aliphatic hydroxyl groups excluding tert-OH is 2. The Hall–Kier alpha value is -2.25. The number of nitrogens with one attached hydrogen (secondary N) is 3. The summed E-state index contributed by atoms with van der Waals surface area (Å²) in [6.07, 6.45) is 0.820. The number of carbonyl (C=O) groups is 3. The predicted octanol–water partition coefficient (Wildman–Crippen LogP) is -2.52. The maximum atomic E-state index is 11.9. The highest BCUT2D eigenvalue weighted by molar-refractivity contribution is 5.92. The van der Waals surface area contributed by atoms with Crippen LogP contribution in [-0.2, 0) is 28.6 Å². The van der Waals surface area contributed by atoms with E-state index in [4.69, 9.17) is 19.9 Å². The van der Waals surface area contributed by atoms with Gasteiger partial charge in [0.05, 0.1) is 32.5 Å². The van der Waals surface area contributed by atoms with E-state index in [1.807, 2.05) is 0 Å². The van der Waals surface area contributed by atoms with Crippen molar-refractivity contribution < 1.29 is 38.8 Å². The maximum Gasteiger partial charge on any atom is 0.268 e. The van der Waals surface area contributed by atoms with Crippen LogP contribution in [0.25, 0.3) is 0 Å². The third-order valence-electron chi connectivity index (χ3n) is 4.19. The molecule has 0 spiro atoms. The van der Waals surface area contributed by atoms with Crippen LogP contribution in [0, 0.1) is 0 Å². The van der Waals surface area contributed by atoms with Crippen molar-refractivity contribution >= 4 is 18.1 Å². The van der Waals surface area contributed by atoms with Gasteiger partial charge in [-0.25, -0.2) is 0 Å². The van der Waals surface area contributed by atoms with Crippen LogP contribution in [0.5, 0.6) is 0 Å². The van der Waals surface area contributed by atoms with Crippen molar-refractivity contribution in [3.8, 4) is 0 Å². The summed E-state index contributed by atoms with van der Waals surface area (Å²) in [5.41, 5.74) is 5.66. The topological polar surface area (TPSA) is 181 Å². The SMILES string of the molecule is N/C(=C\NCCCC=O)C(=O)NCCOCCOCCNC(=O)C1C[C@H](O)CC(O)O1. The van der Waals surface area contributed by atoms with Crippen LogP contribution in [0.2, 0.25) is 0 Å². The van der Waals surface area contributed by atoms with E-state index in [9.17, 15) is 24.6 Å². The van der Waals surface area contributed by atoms with Gasteiger partial charge in [0.15, 0.2) is 6.29 Å². The molecular weight excluding hydrogens is 412 g/mol. The van der Waals surface area contributed by atoms with E-state index in [0.717, 1.165) is 6.29 Å². The van der Waals surface area contributed by atoms with E-state index >= 15 is 0 Å². The van der Waals surface area contributed by atoms with Crippen molar-refractivity contribution in [1.29, 1.82) is 0 Å². The molecule has 3 atom stereocenters. The van der Waals surface area contributed by atoms with Crippen molar-refractivity contribution in [3.63, 3.8) is 0 Å². The molecule has 1 saturated heterocycles. The summed E-state index contributed by atoms with van der Waals surface area (Å²) in [6, 6.07) is 0. The van der Waals surface area contributed by atoms with Gasteiger partial charge < -0.3 is 50.9 Å². The van der Waals surface area contributed by atoms with Crippen molar-refractivity contribution in [1.82, 2.24) is 16.0 Å². The number of hydrogen-bond donors (Lipinski definition) is 6. The molecule has 12 heteroatoms. The first-order valence-electron chi connectivity index (χ1n) is 10.3. The predicted molar refractivity (Wildman–Crippen MR) is 109 cm³/mol. The fourth-order valence-corrected chi connectivity index (χ4v) is 2.60. The quantitative estimate of drug-likeness (QED) is 0.0841. The number of ether oxygens (including phenoxy) is 3. The molecule has 31 heavy (non-hydrogen) atoms. The Balaban J connectivity index is 1.95. The smallest absolute Gasteiger partial charge is 0.268 e. The molecule has 1 aliphatic rings. The van der Waals surface area contributed by atoms with E-state index < -0.39 is 30.3 Å². The number of aldehydes is 1. The molecule has 1 fully saturated rings. The zero-order valence-electron chi connectivity index (χ0n) is 17.6. The Morgan fingerprint density at radius 3 is 2.35 bits per heavy atom. The molecule has 0 saturated carbocycles. The number of carbonyl (C=O) groups excluding carboxylic acids is 3. The lowest BCUT2D eigenvalue weighted by atomic mass is 10.0. The lowest BCUT2D eigenvalue weighted by molar-refractivity contribution is -0.194. The van der Waals surface area contributed by atoms with Crippen LogP contribution in [0.4, 0.5) is 0 Å². The zero-order valence-corrected chi connectivity index (χ0v) is 17.6. The Bertz CT molecular complexity index is 565. The van der Waals surface area contributed by atoms with Gasteiger partial charge in [-0.05, 0) is 6.42 Å². The van der Waals surface area contributed by atoms with Gasteiger partial charge in [0.25, 0.3) is 5.91 Å². The van der Waals surface area contributed by atoms with Gasteiger partial charge in [-0.15, -0.1) is 0 Å². The third-order valence-corrected chi connectivity index (χ3v) is 4.19. The first kappa shape index (κ1) is 26.8. The number of rotatable bonds is 16. The summed E-state index contributed by atoms with van der Waals surface area (Å²) < 4.78 is 15.7. The number of hydrogen-bond acceptors (Lipinski definition) is 10. The molecule has 0 aromatic rings. The molecule has 178 valence electrons. The molecule has 1 rings (SSSR count). The number of aliphatic hydroxyl groups is 2. The Kier molecular flexibility index (Phi) is 14.2. The molecule has 0 aliphatic carbocycles. The van der Waals surface area contributed by atoms with E-state index in [1.165, 1.54) is 6.20 Å². The van der Waals surface area contributed by atoms with Crippen LogP contribution in [0.3, 0.4) is 0 Å². The van der Waals surface area contributed by atoms with Crippen molar-refractivity contribution in [2.24, 2.45) is 5.73 Å². The molecule has 0 bridgehead atoms. The molecule has 1 aliphatic heterocycles. The average Bonchev–Trinajstić information content (AvgIpc) is 2.73. The Morgan fingerprint density at radius 1 is 1.03 bits per heavy atom. The maximum absolute atomic E-state index is 11.9. The van der Waals surface area contributed by atoms with Crippen LogP contribution in [-0.4, -0.2) is 92.9 Å². The highest BCUT2D eigenvalue weighted by Crippen LogP contribution is 2.17. The molecule has 2 unspecified atom stereocenters. The second-order valence-electron chi connectivity index (χ2n) is 6.84. The first-order valence-corrected chi connectivity index (χ1v) is 10.3. The van der Waals surface area contributed by atoms with Crippen LogP contribution in [0.1, 0.15) is 25.7 Å². The van der Waals surface area contributed by atoms with E-state index in [1.54, 1.807) is 0 Å². The van der Waals surface area contributed by atoms with Gasteiger partial charge in [-0.1, -0.05) is 0 Å². The van der Waals surface area contributed by atoms with Gasteiger partial charge in [-0.3, -0.25) is 9.59 Å². The molecule has 1 heterocycles. The van der Waals surface area contributed by atoms with Crippen LogP contribution in [0.15, 0.2) is 11.9 Å². The fourth-order valence-electron chi connectivity index (χ4n) is 2.60. The van der Waals surface area contributed by atoms with E-state index in [0.29, 0.717) is 32.6 Å². The number of nitrogens with two attached hydrogens (primary N) is 1. The van der Waals surface area contributed by atoms with E-state index in [-0.39, 0.29) is 44.8 Å². The monoisotopic (exact) mass is 446 g/mol. The minimum Gasteiger partial charge on any atom is -0.393 e. The average molecular weight is 447 g/mol. The second-order valence-corrected chi connectivity index (χ2v) is 6.84.